The van der Waals surface area contributed by atoms with Crippen molar-refractivity contribution in [2.45, 2.75) is 48.9 Å². The second-order valence-corrected chi connectivity index (χ2v) is 9.78. The third kappa shape index (κ3) is 3.37. The van der Waals surface area contributed by atoms with Crippen LogP contribution in [0.3, 0.4) is 0 Å². The third-order valence-electron chi connectivity index (χ3n) is 5.82. The molecule has 1 unspecified atom stereocenters. The molecule has 0 aliphatic carbocycles. The molecular weight excluding hydrogens is 382 g/mol. The summed E-state index contributed by atoms with van der Waals surface area (Å²) in [5, 5.41) is 1.58. The van der Waals surface area contributed by atoms with Crippen LogP contribution in [0.15, 0.2) is 47.8 Å². The lowest BCUT2D eigenvalue weighted by Gasteiger charge is -2.41. The molecule has 6 nitrogen and oxygen atoms in total. The normalized spacial score (nSPS) is 21.3. The van der Waals surface area contributed by atoms with Gasteiger partial charge in [0.1, 0.15) is 17.8 Å². The second kappa shape index (κ2) is 7.37. The van der Waals surface area contributed by atoms with Crippen LogP contribution in [0.25, 0.3) is 11.0 Å². The lowest BCUT2D eigenvalue weighted by molar-refractivity contribution is 0.0641. The zero-order chi connectivity index (χ0) is 20.0. The molecule has 0 spiro atoms. The molecule has 0 saturated carbocycles. The average molecular weight is 408 g/mol. The summed E-state index contributed by atoms with van der Waals surface area (Å²) >= 11 is 1.82. The number of thioether (sulfide) groups is 1. The van der Waals surface area contributed by atoms with Gasteiger partial charge in [0.2, 0.25) is 0 Å². The van der Waals surface area contributed by atoms with Crippen molar-refractivity contribution in [1.82, 2.24) is 19.9 Å². The van der Waals surface area contributed by atoms with E-state index < -0.39 is 0 Å². The second-order valence-electron chi connectivity index (χ2n) is 8.13. The van der Waals surface area contributed by atoms with Crippen molar-refractivity contribution in [3.05, 3.63) is 48.4 Å². The Balaban J connectivity index is 1.35. The number of rotatable bonds is 4. The molecule has 4 heterocycles. The Morgan fingerprint density at radius 3 is 2.52 bits per heavy atom. The van der Waals surface area contributed by atoms with Crippen LogP contribution >= 0.6 is 11.8 Å². The Bertz CT molecular complexity index is 1020. The van der Waals surface area contributed by atoms with Crippen molar-refractivity contribution in [3.63, 3.8) is 0 Å². The lowest BCUT2D eigenvalue weighted by atomic mass is 10.1. The highest BCUT2D eigenvalue weighted by Gasteiger charge is 2.43. The summed E-state index contributed by atoms with van der Waals surface area (Å²) in [4.78, 5) is 30.9. The molecule has 2 atom stereocenters. The number of fused-ring (bicyclic) bond motifs is 3. The summed E-state index contributed by atoms with van der Waals surface area (Å²) in [6, 6.07) is 10.6. The number of nitrogens with one attached hydrogen (secondary N) is 1. The number of hydrogen-bond donors (Lipinski definition) is 1. The lowest BCUT2D eigenvalue weighted by Crippen LogP contribution is -2.56. The highest BCUT2D eigenvalue weighted by atomic mass is 32.2. The Labute approximate surface area is 174 Å². The van der Waals surface area contributed by atoms with Crippen molar-refractivity contribution in [1.29, 1.82) is 0 Å². The highest BCUT2D eigenvalue weighted by Crippen LogP contribution is 2.35. The van der Waals surface area contributed by atoms with Gasteiger partial charge in [0.15, 0.2) is 0 Å². The number of piperazine rings is 1. The van der Waals surface area contributed by atoms with Crippen molar-refractivity contribution in [3.8, 4) is 0 Å². The van der Waals surface area contributed by atoms with E-state index in [1.165, 1.54) is 4.90 Å². The van der Waals surface area contributed by atoms with Gasteiger partial charge in [-0.25, -0.2) is 9.97 Å². The highest BCUT2D eigenvalue weighted by molar-refractivity contribution is 7.99. The van der Waals surface area contributed by atoms with E-state index in [0.29, 0.717) is 5.25 Å². The molecule has 1 aromatic carbocycles. The zero-order valence-electron chi connectivity index (χ0n) is 16.7. The summed E-state index contributed by atoms with van der Waals surface area (Å²) in [6.45, 7) is 6.00. The van der Waals surface area contributed by atoms with Crippen LogP contribution in [-0.4, -0.2) is 56.2 Å². The van der Waals surface area contributed by atoms with Crippen molar-refractivity contribution >= 4 is 34.5 Å². The van der Waals surface area contributed by atoms with Crippen LogP contribution in [0.2, 0.25) is 0 Å². The molecule has 3 aromatic rings. The standard InChI is InChI=1S/C22H25N5OS/c1-14(2)29-18-7-3-15(4-8-18)22(28)27-16-5-6-17(27)12-26(11-16)21-19-9-10-23-20(19)24-13-25-21/h3-4,7-10,13-14,16-17H,5-6,11-12H2,1-2H3,(H,23,24,25)/t16-,17?/m0/s1. The summed E-state index contributed by atoms with van der Waals surface area (Å²) in [6.07, 6.45) is 5.62. The maximum atomic E-state index is 13.3. The number of benzene rings is 1. The molecule has 2 fully saturated rings. The summed E-state index contributed by atoms with van der Waals surface area (Å²) in [5.74, 6) is 1.13. The fourth-order valence-electron chi connectivity index (χ4n) is 4.62. The van der Waals surface area contributed by atoms with Gasteiger partial charge in [-0.2, -0.15) is 0 Å². The van der Waals surface area contributed by atoms with E-state index >= 15 is 0 Å². The predicted octanol–water partition coefficient (Wildman–Crippen LogP) is 3.95. The van der Waals surface area contributed by atoms with E-state index in [-0.39, 0.29) is 18.0 Å². The van der Waals surface area contributed by atoms with Gasteiger partial charge in [0.05, 0.1) is 17.5 Å². The summed E-state index contributed by atoms with van der Waals surface area (Å²) in [7, 11) is 0. The molecule has 2 aliphatic heterocycles. The maximum absolute atomic E-state index is 13.3. The van der Waals surface area contributed by atoms with Gasteiger partial charge in [-0.3, -0.25) is 4.79 Å². The number of H-pyrrole nitrogens is 1. The van der Waals surface area contributed by atoms with Crippen LogP contribution in [0.4, 0.5) is 5.82 Å². The number of amides is 1. The average Bonchev–Trinajstić information content (AvgIpc) is 3.29. The van der Waals surface area contributed by atoms with Crippen LogP contribution in [-0.2, 0) is 0 Å². The van der Waals surface area contributed by atoms with Gasteiger partial charge in [-0.05, 0) is 43.2 Å². The van der Waals surface area contributed by atoms with Crippen LogP contribution in [0.5, 0.6) is 0 Å². The molecule has 150 valence electrons. The number of aromatic amines is 1. The quantitative estimate of drug-likeness (QED) is 0.664. The minimum atomic E-state index is 0.160. The summed E-state index contributed by atoms with van der Waals surface area (Å²) in [5.41, 5.74) is 1.65. The van der Waals surface area contributed by atoms with Gasteiger partial charge in [0.25, 0.3) is 5.91 Å². The van der Waals surface area contributed by atoms with Gasteiger partial charge in [0, 0.05) is 35.0 Å². The first-order chi connectivity index (χ1) is 14.1. The number of carbonyl (C=O) groups excluding carboxylic acids is 1. The molecular formula is C22H25N5OS. The van der Waals surface area contributed by atoms with Crippen molar-refractivity contribution in [2.24, 2.45) is 0 Å². The monoisotopic (exact) mass is 407 g/mol. The zero-order valence-corrected chi connectivity index (χ0v) is 17.5. The molecule has 2 aliphatic rings. The van der Waals surface area contributed by atoms with Crippen molar-refractivity contribution in [2.75, 3.05) is 18.0 Å². The molecule has 1 N–H and O–H groups in total. The topological polar surface area (TPSA) is 65.1 Å². The van der Waals surface area contributed by atoms with Gasteiger partial charge in [-0.15, -0.1) is 11.8 Å². The molecule has 1 amide bonds. The summed E-state index contributed by atoms with van der Waals surface area (Å²) < 4.78 is 0. The van der Waals surface area contributed by atoms with Crippen LogP contribution in [0, 0.1) is 0 Å². The minimum Gasteiger partial charge on any atom is -0.352 e. The predicted molar refractivity (Wildman–Crippen MR) is 117 cm³/mol. The molecule has 2 bridgehead atoms. The van der Waals surface area contributed by atoms with Gasteiger partial charge < -0.3 is 14.8 Å². The molecule has 2 aromatic heterocycles. The van der Waals surface area contributed by atoms with E-state index in [1.807, 2.05) is 36.2 Å². The number of nitrogens with zero attached hydrogens (tertiary/aromatic N) is 4. The number of anilines is 1. The minimum absolute atomic E-state index is 0.160. The first kappa shape index (κ1) is 18.5. The molecule has 29 heavy (non-hydrogen) atoms. The first-order valence-corrected chi connectivity index (χ1v) is 11.1. The van der Waals surface area contributed by atoms with E-state index in [1.54, 1.807) is 6.33 Å². The van der Waals surface area contributed by atoms with E-state index in [4.69, 9.17) is 0 Å². The van der Waals surface area contributed by atoms with Gasteiger partial charge in [-0.1, -0.05) is 13.8 Å². The van der Waals surface area contributed by atoms with Crippen LogP contribution in [0.1, 0.15) is 37.0 Å². The molecule has 2 saturated heterocycles. The SMILES string of the molecule is CC(C)Sc1ccc(C(=O)N2C3CC[C@H]2CN(c2ncnc4[nH]ccc24)C3)cc1. The maximum Gasteiger partial charge on any atom is 0.254 e. The Morgan fingerprint density at radius 2 is 1.83 bits per heavy atom. The number of aromatic nitrogens is 3. The van der Waals surface area contributed by atoms with E-state index in [2.05, 4.69) is 50.7 Å². The number of carbonyl (C=O) groups is 1. The number of hydrogen-bond acceptors (Lipinski definition) is 5. The molecule has 0 radical (unpaired) electrons. The molecule has 7 heteroatoms. The van der Waals surface area contributed by atoms with E-state index in [0.717, 1.165) is 48.3 Å². The fourth-order valence-corrected chi connectivity index (χ4v) is 5.45. The smallest absolute Gasteiger partial charge is 0.254 e. The van der Waals surface area contributed by atoms with E-state index in [9.17, 15) is 4.79 Å². The largest absolute Gasteiger partial charge is 0.352 e. The van der Waals surface area contributed by atoms with Crippen LogP contribution < -0.4 is 4.90 Å². The Hall–Kier alpha value is -2.54. The first-order valence-electron chi connectivity index (χ1n) is 10.2. The Morgan fingerprint density at radius 1 is 1.10 bits per heavy atom. The van der Waals surface area contributed by atoms with Crippen molar-refractivity contribution < 1.29 is 4.79 Å². The van der Waals surface area contributed by atoms with Gasteiger partial charge >= 0.3 is 0 Å². The Kier molecular flexibility index (Phi) is 4.70. The third-order valence-corrected chi connectivity index (χ3v) is 6.84. The fraction of sp³-hybridized carbons (Fsp3) is 0.409. The molecule has 5 rings (SSSR count).